The average molecular weight is 282 g/mol. The number of hydrogen-bond donors (Lipinski definition) is 2. The van der Waals surface area contributed by atoms with Crippen molar-refractivity contribution < 1.29 is 9.90 Å². The molecule has 0 unspecified atom stereocenters. The minimum atomic E-state index is -0.143. The smallest absolute Gasteiger partial charge is 0.271 e. The summed E-state index contributed by atoms with van der Waals surface area (Å²) in [6, 6.07) is -0.128. The van der Waals surface area contributed by atoms with Crippen molar-refractivity contribution >= 4 is 17.2 Å². The van der Waals surface area contributed by atoms with Gasteiger partial charge in [-0.2, -0.15) is 0 Å². The summed E-state index contributed by atoms with van der Waals surface area (Å²) in [4.78, 5) is 17.5. The molecule has 1 amide bonds. The molecule has 1 fully saturated rings. The number of aliphatic hydroxyl groups excluding tert-OH is 1. The minimum absolute atomic E-state index is 0.0115. The van der Waals surface area contributed by atoms with Gasteiger partial charge in [-0.1, -0.05) is 26.7 Å². The number of aliphatic hydroxyl groups is 1. The highest BCUT2D eigenvalue weighted by Crippen LogP contribution is 2.28. The van der Waals surface area contributed by atoms with E-state index in [0.717, 1.165) is 17.7 Å². The summed E-state index contributed by atoms with van der Waals surface area (Å²) in [5.74, 6) is 0.568. The molecule has 1 aliphatic rings. The van der Waals surface area contributed by atoms with Crippen molar-refractivity contribution in [2.75, 3.05) is 6.61 Å². The number of rotatable bonds is 5. The van der Waals surface area contributed by atoms with E-state index in [2.05, 4.69) is 24.1 Å². The van der Waals surface area contributed by atoms with Crippen molar-refractivity contribution in [2.45, 2.75) is 51.5 Å². The Kier molecular flexibility index (Phi) is 4.93. The van der Waals surface area contributed by atoms with Crippen LogP contribution in [0, 0.1) is 5.92 Å². The maximum atomic E-state index is 12.3. The summed E-state index contributed by atoms with van der Waals surface area (Å²) in [5.41, 5.74) is 2.24. The number of aromatic nitrogens is 1. The van der Waals surface area contributed by atoms with Gasteiger partial charge in [0.25, 0.3) is 5.91 Å². The zero-order chi connectivity index (χ0) is 13.8. The van der Waals surface area contributed by atoms with E-state index in [1.807, 2.05) is 0 Å². The highest BCUT2D eigenvalue weighted by molar-refractivity contribution is 7.10. The van der Waals surface area contributed by atoms with Crippen molar-refractivity contribution in [1.29, 1.82) is 0 Å². The Balaban J connectivity index is 2.04. The number of thiazole rings is 1. The van der Waals surface area contributed by atoms with Crippen molar-refractivity contribution in [2.24, 2.45) is 5.92 Å². The van der Waals surface area contributed by atoms with Crippen LogP contribution in [0.5, 0.6) is 0 Å². The molecule has 2 N–H and O–H groups in total. The zero-order valence-corrected chi connectivity index (χ0v) is 12.4. The Hall–Kier alpha value is -0.940. The Morgan fingerprint density at radius 3 is 2.79 bits per heavy atom. The summed E-state index contributed by atoms with van der Waals surface area (Å²) in [7, 11) is 0. The molecular formula is C14H22N2O2S. The number of nitrogens with zero attached hydrogens (tertiary/aromatic N) is 1. The molecule has 4 nitrogen and oxygen atoms in total. The standard InChI is InChI=1S/C14H22N2O2S/c1-9(2)13-12(15-8-19-13)14(18)16-11(7-17)10-5-3-4-6-10/h8-11,17H,3-7H2,1-2H3,(H,16,18)/t11-/m0/s1. The fraction of sp³-hybridized carbons (Fsp3) is 0.714. The van der Waals surface area contributed by atoms with Crippen LogP contribution in [0.4, 0.5) is 0 Å². The predicted molar refractivity (Wildman–Crippen MR) is 76.5 cm³/mol. The minimum Gasteiger partial charge on any atom is -0.394 e. The van der Waals surface area contributed by atoms with Crippen LogP contribution >= 0.6 is 11.3 Å². The molecule has 5 heteroatoms. The molecular weight excluding hydrogens is 260 g/mol. The lowest BCUT2D eigenvalue weighted by molar-refractivity contribution is 0.0883. The van der Waals surface area contributed by atoms with E-state index in [1.54, 1.807) is 5.51 Å². The van der Waals surface area contributed by atoms with Gasteiger partial charge in [0.15, 0.2) is 0 Å². The van der Waals surface area contributed by atoms with Gasteiger partial charge >= 0.3 is 0 Å². The largest absolute Gasteiger partial charge is 0.394 e. The van der Waals surface area contributed by atoms with Crippen molar-refractivity contribution in [1.82, 2.24) is 10.3 Å². The number of nitrogens with one attached hydrogen (secondary N) is 1. The summed E-state index contributed by atoms with van der Waals surface area (Å²) < 4.78 is 0. The second-order valence-electron chi connectivity index (χ2n) is 5.53. The predicted octanol–water partition coefficient (Wildman–Crippen LogP) is 2.55. The first-order valence-electron chi connectivity index (χ1n) is 6.98. The summed E-state index contributed by atoms with van der Waals surface area (Å²) in [6.45, 7) is 4.13. The second-order valence-corrected chi connectivity index (χ2v) is 6.41. The first kappa shape index (κ1) is 14.5. The van der Waals surface area contributed by atoms with Crippen LogP contribution in [0.25, 0.3) is 0 Å². The van der Waals surface area contributed by atoms with E-state index < -0.39 is 0 Å². The van der Waals surface area contributed by atoms with Crippen LogP contribution in [0.3, 0.4) is 0 Å². The van der Waals surface area contributed by atoms with E-state index in [1.165, 1.54) is 24.2 Å². The molecule has 1 aromatic rings. The van der Waals surface area contributed by atoms with Crippen LogP contribution < -0.4 is 5.32 Å². The summed E-state index contributed by atoms with van der Waals surface area (Å²) >= 11 is 1.52. The fourth-order valence-corrected chi connectivity index (χ4v) is 3.55. The molecule has 1 heterocycles. The van der Waals surface area contributed by atoms with Gasteiger partial charge in [0.05, 0.1) is 18.2 Å². The second kappa shape index (κ2) is 6.48. The number of carbonyl (C=O) groups is 1. The van der Waals surface area contributed by atoms with Crippen LogP contribution in [-0.4, -0.2) is 28.6 Å². The molecule has 0 spiro atoms. The van der Waals surface area contributed by atoms with Gasteiger partial charge in [-0.3, -0.25) is 4.79 Å². The van der Waals surface area contributed by atoms with Gasteiger partial charge in [0, 0.05) is 4.88 Å². The Labute approximate surface area is 118 Å². The number of carbonyl (C=O) groups excluding carboxylic acids is 1. The third kappa shape index (κ3) is 3.34. The fourth-order valence-electron chi connectivity index (χ4n) is 2.74. The van der Waals surface area contributed by atoms with E-state index >= 15 is 0 Å². The molecule has 19 heavy (non-hydrogen) atoms. The average Bonchev–Trinajstić information content (AvgIpc) is 3.05. The van der Waals surface area contributed by atoms with Crippen LogP contribution in [0.1, 0.15) is 60.8 Å². The van der Waals surface area contributed by atoms with Gasteiger partial charge in [-0.25, -0.2) is 4.98 Å². The highest BCUT2D eigenvalue weighted by atomic mass is 32.1. The number of hydrogen-bond acceptors (Lipinski definition) is 4. The van der Waals surface area contributed by atoms with Crippen molar-refractivity contribution in [3.8, 4) is 0 Å². The monoisotopic (exact) mass is 282 g/mol. The van der Waals surface area contributed by atoms with Crippen LogP contribution in [0.2, 0.25) is 0 Å². The quantitative estimate of drug-likeness (QED) is 0.872. The maximum absolute atomic E-state index is 12.3. The van der Waals surface area contributed by atoms with Gasteiger partial charge in [0.1, 0.15) is 5.69 Å². The maximum Gasteiger partial charge on any atom is 0.271 e. The zero-order valence-electron chi connectivity index (χ0n) is 11.6. The van der Waals surface area contributed by atoms with Crippen LogP contribution in [-0.2, 0) is 0 Å². The lowest BCUT2D eigenvalue weighted by Crippen LogP contribution is -2.42. The third-order valence-corrected chi connectivity index (χ3v) is 4.95. The van der Waals surface area contributed by atoms with E-state index in [4.69, 9.17) is 0 Å². The molecule has 1 saturated carbocycles. The molecule has 1 atom stereocenters. The SMILES string of the molecule is CC(C)c1scnc1C(=O)N[C@@H](CO)C1CCCC1. The highest BCUT2D eigenvalue weighted by Gasteiger charge is 2.27. The molecule has 0 radical (unpaired) electrons. The van der Waals surface area contributed by atoms with Gasteiger partial charge < -0.3 is 10.4 Å². The van der Waals surface area contributed by atoms with Gasteiger partial charge in [0.2, 0.25) is 0 Å². The lowest BCUT2D eigenvalue weighted by atomic mass is 9.98. The van der Waals surface area contributed by atoms with Gasteiger partial charge in [-0.15, -0.1) is 11.3 Å². The van der Waals surface area contributed by atoms with E-state index in [9.17, 15) is 9.90 Å². The number of amides is 1. The van der Waals surface area contributed by atoms with E-state index in [0.29, 0.717) is 17.5 Å². The normalized spacial score (nSPS) is 17.9. The third-order valence-electron chi connectivity index (χ3n) is 3.82. The summed E-state index contributed by atoms with van der Waals surface area (Å²) in [5, 5.41) is 12.4. The lowest BCUT2D eigenvalue weighted by Gasteiger charge is -2.22. The molecule has 0 saturated heterocycles. The van der Waals surface area contributed by atoms with Gasteiger partial charge in [-0.05, 0) is 24.7 Å². The molecule has 1 aliphatic carbocycles. The Morgan fingerprint density at radius 1 is 1.53 bits per heavy atom. The molecule has 0 aliphatic heterocycles. The molecule has 2 rings (SSSR count). The molecule has 106 valence electrons. The van der Waals surface area contributed by atoms with E-state index in [-0.39, 0.29) is 18.6 Å². The van der Waals surface area contributed by atoms with Crippen LogP contribution in [0.15, 0.2) is 5.51 Å². The molecule has 0 aromatic carbocycles. The topological polar surface area (TPSA) is 62.2 Å². The van der Waals surface area contributed by atoms with Crippen molar-refractivity contribution in [3.05, 3.63) is 16.1 Å². The molecule has 0 bridgehead atoms. The summed E-state index contributed by atoms with van der Waals surface area (Å²) in [6.07, 6.45) is 4.59. The first-order chi connectivity index (χ1) is 9.13. The Morgan fingerprint density at radius 2 is 2.21 bits per heavy atom. The molecule has 1 aromatic heterocycles. The van der Waals surface area contributed by atoms with Crippen molar-refractivity contribution in [3.63, 3.8) is 0 Å². The first-order valence-corrected chi connectivity index (χ1v) is 7.86. The Bertz CT molecular complexity index is 425.